The van der Waals surface area contributed by atoms with Gasteiger partial charge in [0, 0.05) is 36.6 Å². The van der Waals surface area contributed by atoms with E-state index in [1.165, 1.54) is 0 Å². The van der Waals surface area contributed by atoms with E-state index >= 15 is 0 Å². The number of nitrogens with zero attached hydrogens (tertiary/aromatic N) is 1. The Labute approximate surface area is 187 Å². The highest BCUT2D eigenvalue weighted by atomic mass is 16.6. The van der Waals surface area contributed by atoms with Crippen LogP contribution in [-0.4, -0.2) is 54.2 Å². The number of alkyl carbamates (subject to hydrolysis) is 1. The zero-order chi connectivity index (χ0) is 22.3. The van der Waals surface area contributed by atoms with Crippen LogP contribution in [0.1, 0.15) is 24.0 Å². The standard InChI is InChI=1S/C25H29N3O4/c1-28-13-11-20(12-14-28)32-24(29)23(15-19-16-26-22-10-6-5-9-21(19)22)27-25(30)31-17-18-7-3-2-4-8-18/h2-10,16,20,23,26H,11-15,17H2,1H3,(H,27,30)/t23-/m0/s1. The van der Waals surface area contributed by atoms with E-state index in [9.17, 15) is 9.59 Å². The average Bonchev–Trinajstić information content (AvgIpc) is 3.22. The molecule has 0 saturated carbocycles. The number of para-hydroxylation sites is 1. The van der Waals surface area contributed by atoms with Gasteiger partial charge in [-0.25, -0.2) is 9.59 Å². The zero-order valence-corrected chi connectivity index (χ0v) is 18.3. The predicted molar refractivity (Wildman–Crippen MR) is 122 cm³/mol. The highest BCUT2D eigenvalue weighted by molar-refractivity contribution is 5.86. The first kappa shape index (κ1) is 21.9. The predicted octanol–water partition coefficient (Wildman–Crippen LogP) is 3.64. The number of rotatable bonds is 7. The summed E-state index contributed by atoms with van der Waals surface area (Å²) < 4.78 is 11.1. The second-order valence-electron chi connectivity index (χ2n) is 8.26. The van der Waals surface area contributed by atoms with Gasteiger partial charge in [-0.05, 0) is 37.1 Å². The van der Waals surface area contributed by atoms with Gasteiger partial charge in [0.05, 0.1) is 0 Å². The van der Waals surface area contributed by atoms with E-state index in [4.69, 9.17) is 9.47 Å². The average molecular weight is 436 g/mol. The Kier molecular flexibility index (Phi) is 7.07. The number of esters is 1. The maximum absolute atomic E-state index is 13.0. The number of nitrogens with one attached hydrogen (secondary N) is 2. The molecule has 2 aromatic carbocycles. The number of hydrogen-bond donors (Lipinski definition) is 2. The maximum atomic E-state index is 13.0. The third kappa shape index (κ3) is 5.68. The summed E-state index contributed by atoms with van der Waals surface area (Å²) in [4.78, 5) is 31.0. The van der Waals surface area contributed by atoms with E-state index in [1.807, 2.05) is 60.8 Å². The van der Waals surface area contributed by atoms with Crippen LogP contribution in [0.25, 0.3) is 10.9 Å². The van der Waals surface area contributed by atoms with Crippen LogP contribution >= 0.6 is 0 Å². The van der Waals surface area contributed by atoms with Crippen molar-refractivity contribution in [1.82, 2.24) is 15.2 Å². The lowest BCUT2D eigenvalue weighted by molar-refractivity contribution is -0.153. The molecule has 2 N–H and O–H groups in total. The van der Waals surface area contributed by atoms with E-state index in [0.717, 1.165) is 48.0 Å². The molecular formula is C25H29N3O4. The number of carbonyl (C=O) groups excluding carboxylic acids is 2. The van der Waals surface area contributed by atoms with Crippen molar-refractivity contribution in [1.29, 1.82) is 0 Å². The lowest BCUT2D eigenvalue weighted by Gasteiger charge is -2.29. The SMILES string of the molecule is CN1CCC(OC(=O)[C@H](Cc2c[nH]c3ccccc23)NC(=O)OCc2ccccc2)CC1. The largest absolute Gasteiger partial charge is 0.461 e. The Hall–Kier alpha value is -3.32. The summed E-state index contributed by atoms with van der Waals surface area (Å²) in [5, 5.41) is 3.75. The second-order valence-corrected chi connectivity index (χ2v) is 8.26. The number of amides is 1. The second kappa shape index (κ2) is 10.3. The van der Waals surface area contributed by atoms with Crippen molar-refractivity contribution in [3.63, 3.8) is 0 Å². The molecule has 4 rings (SSSR count). The molecule has 1 aliphatic rings. The van der Waals surface area contributed by atoms with Gasteiger partial charge in [0.15, 0.2) is 0 Å². The van der Waals surface area contributed by atoms with Crippen LogP contribution < -0.4 is 5.32 Å². The topological polar surface area (TPSA) is 83.7 Å². The van der Waals surface area contributed by atoms with Crippen molar-refractivity contribution in [2.24, 2.45) is 0 Å². The lowest BCUT2D eigenvalue weighted by atomic mass is 10.0. The molecule has 0 aliphatic carbocycles. The van der Waals surface area contributed by atoms with Crippen molar-refractivity contribution >= 4 is 23.0 Å². The molecule has 32 heavy (non-hydrogen) atoms. The Bertz CT molecular complexity index is 1040. The van der Waals surface area contributed by atoms with Gasteiger partial charge in [-0.3, -0.25) is 0 Å². The van der Waals surface area contributed by atoms with E-state index in [0.29, 0.717) is 6.42 Å². The number of aromatic amines is 1. The number of hydrogen-bond acceptors (Lipinski definition) is 5. The van der Waals surface area contributed by atoms with E-state index in [-0.39, 0.29) is 12.7 Å². The van der Waals surface area contributed by atoms with Crippen LogP contribution in [0.5, 0.6) is 0 Å². The fraction of sp³-hybridized carbons (Fsp3) is 0.360. The van der Waals surface area contributed by atoms with Crippen LogP contribution in [0, 0.1) is 0 Å². The lowest BCUT2D eigenvalue weighted by Crippen LogP contribution is -2.46. The smallest absolute Gasteiger partial charge is 0.408 e. The molecule has 0 spiro atoms. The maximum Gasteiger partial charge on any atom is 0.408 e. The van der Waals surface area contributed by atoms with Crippen molar-refractivity contribution in [3.8, 4) is 0 Å². The highest BCUT2D eigenvalue weighted by Gasteiger charge is 2.28. The minimum Gasteiger partial charge on any atom is -0.461 e. The summed E-state index contributed by atoms with van der Waals surface area (Å²) in [6, 6.07) is 16.5. The molecule has 1 saturated heterocycles. The number of fused-ring (bicyclic) bond motifs is 1. The molecule has 1 fully saturated rings. The molecule has 7 heteroatoms. The molecule has 1 aromatic heterocycles. The van der Waals surface area contributed by atoms with E-state index < -0.39 is 18.1 Å². The fourth-order valence-corrected chi connectivity index (χ4v) is 3.97. The third-order valence-corrected chi connectivity index (χ3v) is 5.84. The molecule has 0 radical (unpaired) electrons. The first-order chi connectivity index (χ1) is 15.6. The van der Waals surface area contributed by atoms with Crippen molar-refractivity contribution < 1.29 is 19.1 Å². The first-order valence-electron chi connectivity index (χ1n) is 11.0. The molecule has 1 aliphatic heterocycles. The molecular weight excluding hydrogens is 406 g/mol. The zero-order valence-electron chi connectivity index (χ0n) is 18.3. The number of benzene rings is 2. The Morgan fingerprint density at radius 3 is 2.59 bits per heavy atom. The minimum absolute atomic E-state index is 0.133. The summed E-state index contributed by atoms with van der Waals surface area (Å²) in [6.07, 6.45) is 3.00. The molecule has 3 aromatic rings. The first-order valence-corrected chi connectivity index (χ1v) is 11.0. The minimum atomic E-state index is -0.836. The van der Waals surface area contributed by atoms with Crippen molar-refractivity contribution in [3.05, 3.63) is 71.9 Å². The summed E-state index contributed by atoms with van der Waals surface area (Å²) in [7, 11) is 2.06. The van der Waals surface area contributed by atoms with Gasteiger partial charge >= 0.3 is 12.1 Å². The van der Waals surface area contributed by atoms with Gasteiger partial charge in [0.1, 0.15) is 18.8 Å². The molecule has 0 bridgehead atoms. The van der Waals surface area contributed by atoms with Crippen LogP contribution in [0.15, 0.2) is 60.8 Å². The fourth-order valence-electron chi connectivity index (χ4n) is 3.97. The summed E-state index contributed by atoms with van der Waals surface area (Å²) in [6.45, 7) is 1.91. The number of aromatic nitrogens is 1. The van der Waals surface area contributed by atoms with Crippen LogP contribution in [0.2, 0.25) is 0 Å². The molecule has 2 heterocycles. The summed E-state index contributed by atoms with van der Waals surface area (Å²) in [5.41, 5.74) is 2.80. The third-order valence-electron chi connectivity index (χ3n) is 5.84. The van der Waals surface area contributed by atoms with Gasteiger partial charge in [0.2, 0.25) is 0 Å². The highest BCUT2D eigenvalue weighted by Crippen LogP contribution is 2.20. The molecule has 168 valence electrons. The Balaban J connectivity index is 1.44. The summed E-state index contributed by atoms with van der Waals surface area (Å²) in [5.74, 6) is -0.429. The molecule has 1 amide bonds. The summed E-state index contributed by atoms with van der Waals surface area (Å²) >= 11 is 0. The normalized spacial score (nSPS) is 15.9. The number of piperidine rings is 1. The van der Waals surface area contributed by atoms with Gasteiger partial charge in [-0.2, -0.15) is 0 Å². The van der Waals surface area contributed by atoms with Gasteiger partial charge < -0.3 is 24.7 Å². The number of H-pyrrole nitrogens is 1. The van der Waals surface area contributed by atoms with Gasteiger partial charge in [0.25, 0.3) is 0 Å². The quantitative estimate of drug-likeness (QED) is 0.554. The molecule has 0 unspecified atom stereocenters. The van der Waals surface area contributed by atoms with Crippen molar-refractivity contribution in [2.75, 3.05) is 20.1 Å². The van der Waals surface area contributed by atoms with Crippen LogP contribution in [0.3, 0.4) is 0 Å². The van der Waals surface area contributed by atoms with Gasteiger partial charge in [-0.15, -0.1) is 0 Å². The number of carbonyl (C=O) groups is 2. The molecule has 1 atom stereocenters. The van der Waals surface area contributed by atoms with Crippen molar-refractivity contribution in [2.45, 2.75) is 38.0 Å². The Morgan fingerprint density at radius 2 is 1.81 bits per heavy atom. The molecule has 7 nitrogen and oxygen atoms in total. The van der Waals surface area contributed by atoms with E-state index in [2.05, 4.69) is 22.2 Å². The van der Waals surface area contributed by atoms with Crippen LogP contribution in [-0.2, 0) is 27.3 Å². The monoisotopic (exact) mass is 435 g/mol. The van der Waals surface area contributed by atoms with Crippen LogP contribution in [0.4, 0.5) is 4.79 Å². The number of ether oxygens (including phenoxy) is 2. The number of likely N-dealkylation sites (tertiary alicyclic amines) is 1. The van der Waals surface area contributed by atoms with E-state index in [1.54, 1.807) is 0 Å². The Morgan fingerprint density at radius 1 is 1.09 bits per heavy atom. The van der Waals surface area contributed by atoms with Gasteiger partial charge in [-0.1, -0.05) is 48.5 Å².